The largest absolute Gasteiger partial charge is 0.385 e. The highest BCUT2D eigenvalue weighted by molar-refractivity contribution is 5.84. The molecule has 2 heterocycles. The summed E-state index contributed by atoms with van der Waals surface area (Å²) in [6, 6.07) is 29.4. The average molecular weight is 399 g/mol. The van der Waals surface area contributed by atoms with E-state index in [-0.39, 0.29) is 11.9 Å². The minimum Gasteiger partial charge on any atom is -0.385 e. The van der Waals surface area contributed by atoms with E-state index >= 15 is 0 Å². The molecular weight excluding hydrogens is 374 g/mol. The molecule has 4 nitrogen and oxygen atoms in total. The Morgan fingerprint density at radius 3 is 1.97 bits per heavy atom. The molecular formula is C26H25NO3. The van der Waals surface area contributed by atoms with Crippen molar-refractivity contribution in [3.63, 3.8) is 0 Å². The van der Waals surface area contributed by atoms with E-state index in [1.165, 1.54) is 0 Å². The topological polar surface area (TPSA) is 49.8 Å². The van der Waals surface area contributed by atoms with E-state index in [9.17, 15) is 9.90 Å². The van der Waals surface area contributed by atoms with Crippen LogP contribution in [0.5, 0.6) is 0 Å². The van der Waals surface area contributed by atoms with Crippen molar-refractivity contribution in [2.24, 2.45) is 0 Å². The van der Waals surface area contributed by atoms with Crippen molar-refractivity contribution in [1.29, 1.82) is 0 Å². The summed E-state index contributed by atoms with van der Waals surface area (Å²) in [5.74, 6) is -0.128. The minimum atomic E-state index is -1.04. The summed E-state index contributed by atoms with van der Waals surface area (Å²) in [7, 11) is 0. The van der Waals surface area contributed by atoms with Crippen LogP contribution in [0.3, 0.4) is 0 Å². The number of aliphatic hydroxyl groups is 1. The highest BCUT2D eigenvalue weighted by atomic mass is 16.5. The van der Waals surface area contributed by atoms with Gasteiger partial charge in [0.05, 0.1) is 6.04 Å². The average Bonchev–Trinajstić information content (AvgIpc) is 3.32. The van der Waals surface area contributed by atoms with Gasteiger partial charge in [-0.25, -0.2) is 0 Å². The zero-order valence-corrected chi connectivity index (χ0v) is 16.7. The number of hydrogen-bond acceptors (Lipinski definition) is 3. The van der Waals surface area contributed by atoms with Crippen LogP contribution in [0.1, 0.15) is 35.6 Å². The second-order valence-electron chi connectivity index (χ2n) is 8.05. The maximum Gasteiger partial charge on any atom is 0.255 e. The third-order valence-electron chi connectivity index (χ3n) is 6.39. The van der Waals surface area contributed by atoms with Gasteiger partial charge in [0.2, 0.25) is 0 Å². The highest BCUT2D eigenvalue weighted by Crippen LogP contribution is 2.48. The van der Waals surface area contributed by atoms with Gasteiger partial charge in [0.1, 0.15) is 11.7 Å². The first-order valence-corrected chi connectivity index (χ1v) is 10.5. The zero-order valence-electron chi connectivity index (χ0n) is 16.7. The first-order chi connectivity index (χ1) is 14.7. The molecule has 3 aromatic rings. The van der Waals surface area contributed by atoms with Crippen LogP contribution in [0.25, 0.3) is 0 Å². The first kappa shape index (κ1) is 19.0. The van der Waals surface area contributed by atoms with E-state index in [0.717, 1.165) is 24.0 Å². The van der Waals surface area contributed by atoms with Crippen LogP contribution in [0, 0.1) is 0 Å². The maximum atomic E-state index is 13.4. The molecule has 0 aromatic heterocycles. The lowest BCUT2D eigenvalue weighted by Crippen LogP contribution is -2.62. The fourth-order valence-corrected chi connectivity index (χ4v) is 5.03. The number of morpholine rings is 1. The zero-order chi connectivity index (χ0) is 20.6. The van der Waals surface area contributed by atoms with Gasteiger partial charge in [-0.1, -0.05) is 91.0 Å². The number of hydrogen-bond donors (Lipinski definition) is 1. The highest BCUT2D eigenvalue weighted by Gasteiger charge is 2.57. The van der Waals surface area contributed by atoms with Gasteiger partial charge < -0.3 is 14.7 Å². The smallest absolute Gasteiger partial charge is 0.255 e. The van der Waals surface area contributed by atoms with E-state index in [1.54, 1.807) is 0 Å². The number of aliphatic hydroxyl groups excluding tert-OH is 1. The summed E-state index contributed by atoms with van der Waals surface area (Å²) in [5, 5.41) is 11.2. The Labute approximate surface area is 176 Å². The minimum absolute atomic E-state index is 0.103. The summed E-state index contributed by atoms with van der Waals surface area (Å²) in [4.78, 5) is 15.3. The van der Waals surface area contributed by atoms with Gasteiger partial charge in [-0.3, -0.25) is 4.79 Å². The Bertz CT molecular complexity index is 967. The molecule has 30 heavy (non-hydrogen) atoms. The number of amides is 1. The molecule has 0 spiro atoms. The quantitative estimate of drug-likeness (QED) is 0.720. The standard InChI is InChI=1S/C26H25NO3/c28-23(19-11-4-1-5-12-19)24-25(29)27-18-10-17-22(27)26(30-24,20-13-6-2-7-14-20)21-15-8-3-9-16-21/h1-9,11-16,22-24,28H,10,17-18H2/t22-,23-,24-/m0/s1. The molecule has 0 unspecified atom stereocenters. The summed E-state index contributed by atoms with van der Waals surface area (Å²) in [5.41, 5.74) is 1.87. The van der Waals surface area contributed by atoms with E-state index in [1.807, 2.05) is 71.6 Å². The van der Waals surface area contributed by atoms with Crippen LogP contribution < -0.4 is 0 Å². The molecule has 4 heteroatoms. The van der Waals surface area contributed by atoms with Gasteiger partial charge in [0, 0.05) is 6.54 Å². The molecule has 0 saturated carbocycles. The van der Waals surface area contributed by atoms with Gasteiger partial charge in [-0.2, -0.15) is 0 Å². The van der Waals surface area contributed by atoms with Gasteiger partial charge in [0.25, 0.3) is 5.91 Å². The van der Waals surface area contributed by atoms with Crippen molar-refractivity contribution >= 4 is 5.91 Å². The molecule has 2 fully saturated rings. The summed E-state index contributed by atoms with van der Waals surface area (Å²) in [6.07, 6.45) is -0.215. The number of nitrogens with zero attached hydrogens (tertiary/aromatic N) is 1. The third kappa shape index (κ3) is 2.95. The summed E-state index contributed by atoms with van der Waals surface area (Å²) in [6.45, 7) is 0.687. The summed E-state index contributed by atoms with van der Waals surface area (Å²) < 4.78 is 6.75. The molecule has 152 valence electrons. The normalized spacial score (nSPS) is 23.8. The van der Waals surface area contributed by atoms with Crippen LogP contribution in [-0.4, -0.2) is 34.6 Å². The Morgan fingerprint density at radius 1 is 0.867 bits per heavy atom. The second-order valence-corrected chi connectivity index (χ2v) is 8.05. The monoisotopic (exact) mass is 399 g/mol. The third-order valence-corrected chi connectivity index (χ3v) is 6.39. The van der Waals surface area contributed by atoms with Crippen LogP contribution in [0.2, 0.25) is 0 Å². The van der Waals surface area contributed by atoms with Gasteiger partial charge >= 0.3 is 0 Å². The van der Waals surface area contributed by atoms with Crippen LogP contribution in [-0.2, 0) is 15.1 Å². The number of fused-ring (bicyclic) bond motifs is 1. The Kier molecular flexibility index (Phi) is 4.89. The van der Waals surface area contributed by atoms with Crippen LogP contribution in [0.4, 0.5) is 0 Å². The maximum absolute atomic E-state index is 13.4. The SMILES string of the molecule is O=C1[C@H]([C@@H](O)c2ccccc2)OC(c2ccccc2)(c2ccccc2)[C@@H]2CCCN12. The lowest BCUT2D eigenvalue weighted by Gasteiger charge is -2.51. The van der Waals surface area contributed by atoms with Crippen LogP contribution >= 0.6 is 0 Å². The lowest BCUT2D eigenvalue weighted by atomic mass is 9.77. The van der Waals surface area contributed by atoms with E-state index in [2.05, 4.69) is 24.3 Å². The molecule has 5 rings (SSSR count). The Morgan fingerprint density at radius 2 is 1.40 bits per heavy atom. The van der Waals surface area contributed by atoms with Gasteiger partial charge in [-0.05, 0) is 29.5 Å². The molecule has 0 aliphatic carbocycles. The van der Waals surface area contributed by atoms with Gasteiger partial charge in [0.15, 0.2) is 6.10 Å². The fourth-order valence-electron chi connectivity index (χ4n) is 5.03. The van der Waals surface area contributed by atoms with Crippen molar-refractivity contribution in [1.82, 2.24) is 4.90 Å². The van der Waals surface area contributed by atoms with E-state index < -0.39 is 17.8 Å². The number of rotatable bonds is 4. The number of benzene rings is 3. The second kappa shape index (κ2) is 7.71. The molecule has 2 aliphatic rings. The predicted octanol–water partition coefficient (Wildman–Crippen LogP) is 4.05. The Balaban J connectivity index is 1.68. The molecule has 1 amide bonds. The lowest BCUT2D eigenvalue weighted by molar-refractivity contribution is -0.204. The van der Waals surface area contributed by atoms with Crippen molar-refractivity contribution in [2.45, 2.75) is 36.7 Å². The number of carbonyl (C=O) groups excluding carboxylic acids is 1. The Hall–Kier alpha value is -2.95. The molecule has 1 N–H and O–H groups in total. The molecule has 3 aromatic carbocycles. The molecule has 3 atom stereocenters. The van der Waals surface area contributed by atoms with E-state index in [0.29, 0.717) is 12.1 Å². The first-order valence-electron chi connectivity index (χ1n) is 10.5. The molecule has 2 saturated heterocycles. The van der Waals surface area contributed by atoms with Crippen molar-refractivity contribution in [3.8, 4) is 0 Å². The van der Waals surface area contributed by atoms with Crippen LogP contribution in [0.15, 0.2) is 91.0 Å². The fraction of sp³-hybridized carbons (Fsp3) is 0.269. The molecule has 0 bridgehead atoms. The number of ether oxygens (including phenoxy) is 1. The molecule has 2 aliphatic heterocycles. The van der Waals surface area contributed by atoms with Crippen molar-refractivity contribution < 1.29 is 14.6 Å². The van der Waals surface area contributed by atoms with E-state index in [4.69, 9.17) is 4.74 Å². The number of carbonyl (C=O) groups is 1. The van der Waals surface area contributed by atoms with Crippen molar-refractivity contribution in [2.75, 3.05) is 6.54 Å². The summed E-state index contributed by atoms with van der Waals surface area (Å²) >= 11 is 0. The molecule has 0 radical (unpaired) electrons. The van der Waals surface area contributed by atoms with Gasteiger partial charge in [-0.15, -0.1) is 0 Å². The predicted molar refractivity (Wildman–Crippen MR) is 115 cm³/mol. The van der Waals surface area contributed by atoms with Crippen molar-refractivity contribution in [3.05, 3.63) is 108 Å².